The van der Waals surface area contributed by atoms with Gasteiger partial charge in [-0.2, -0.15) is 0 Å². The molecular formula is C15H30N2O2. The second-order valence-electron chi connectivity index (χ2n) is 6.47. The van der Waals surface area contributed by atoms with Crippen molar-refractivity contribution in [1.29, 1.82) is 0 Å². The van der Waals surface area contributed by atoms with Gasteiger partial charge < -0.3 is 20.1 Å². The Labute approximate surface area is 117 Å². The zero-order valence-corrected chi connectivity index (χ0v) is 12.5. The number of hydrogen-bond donors (Lipinski definition) is 2. The smallest absolute Gasteiger partial charge is 0.0817 e. The van der Waals surface area contributed by atoms with Gasteiger partial charge in [0.25, 0.3) is 0 Å². The van der Waals surface area contributed by atoms with Gasteiger partial charge in [0.15, 0.2) is 0 Å². The second kappa shape index (κ2) is 7.02. The molecule has 2 rings (SSSR count). The number of likely N-dealkylation sites (N-methyl/N-ethyl adjacent to an activating group) is 1. The Bertz CT molecular complexity index is 267. The van der Waals surface area contributed by atoms with Crippen molar-refractivity contribution in [2.45, 2.75) is 50.2 Å². The van der Waals surface area contributed by atoms with E-state index in [4.69, 9.17) is 4.74 Å². The fourth-order valence-electron chi connectivity index (χ4n) is 3.68. The molecule has 19 heavy (non-hydrogen) atoms. The average molecular weight is 270 g/mol. The minimum absolute atomic E-state index is 0.531. The largest absolute Gasteiger partial charge is 0.388 e. The van der Waals surface area contributed by atoms with Crippen LogP contribution in [0.1, 0.15) is 38.5 Å². The Balaban J connectivity index is 1.80. The number of hydrogen-bond acceptors (Lipinski definition) is 4. The van der Waals surface area contributed by atoms with Gasteiger partial charge in [-0.25, -0.2) is 0 Å². The lowest BCUT2D eigenvalue weighted by atomic mass is 9.84. The maximum Gasteiger partial charge on any atom is 0.0817 e. The third-order valence-electron chi connectivity index (χ3n) is 4.81. The lowest BCUT2D eigenvalue weighted by Gasteiger charge is -2.39. The Morgan fingerprint density at radius 1 is 1.26 bits per heavy atom. The zero-order chi connectivity index (χ0) is 13.7. The van der Waals surface area contributed by atoms with Crippen molar-refractivity contribution >= 4 is 0 Å². The SMILES string of the molecule is CNC1CCCCC1CN(C)CC1(O)CCOCC1. The molecule has 2 aliphatic rings. The van der Waals surface area contributed by atoms with Crippen molar-refractivity contribution in [3.05, 3.63) is 0 Å². The Hall–Kier alpha value is -0.160. The summed E-state index contributed by atoms with van der Waals surface area (Å²) in [6.07, 6.45) is 6.88. The molecule has 0 aromatic heterocycles. The van der Waals surface area contributed by atoms with Crippen LogP contribution in [0, 0.1) is 5.92 Å². The molecule has 0 bridgehead atoms. The van der Waals surface area contributed by atoms with E-state index in [1.54, 1.807) is 0 Å². The molecule has 2 atom stereocenters. The molecule has 0 aromatic carbocycles. The average Bonchev–Trinajstić information content (AvgIpc) is 2.39. The van der Waals surface area contributed by atoms with Crippen LogP contribution in [-0.4, -0.2) is 62.0 Å². The van der Waals surface area contributed by atoms with Crippen molar-refractivity contribution in [2.24, 2.45) is 5.92 Å². The maximum absolute atomic E-state index is 10.6. The molecule has 1 aliphatic heterocycles. The zero-order valence-electron chi connectivity index (χ0n) is 12.5. The van der Waals surface area contributed by atoms with E-state index in [9.17, 15) is 5.11 Å². The number of ether oxygens (including phenoxy) is 1. The molecule has 0 spiro atoms. The fourth-order valence-corrected chi connectivity index (χ4v) is 3.68. The first-order valence-corrected chi connectivity index (χ1v) is 7.79. The van der Waals surface area contributed by atoms with Gasteiger partial charge in [0.1, 0.15) is 0 Å². The van der Waals surface area contributed by atoms with Gasteiger partial charge in [-0.15, -0.1) is 0 Å². The van der Waals surface area contributed by atoms with Crippen LogP contribution in [0.25, 0.3) is 0 Å². The molecular weight excluding hydrogens is 240 g/mol. The van der Waals surface area contributed by atoms with Gasteiger partial charge >= 0.3 is 0 Å². The summed E-state index contributed by atoms with van der Waals surface area (Å²) in [5.41, 5.74) is -0.531. The highest BCUT2D eigenvalue weighted by atomic mass is 16.5. The van der Waals surface area contributed by atoms with Crippen LogP contribution in [0.3, 0.4) is 0 Å². The summed E-state index contributed by atoms with van der Waals surface area (Å²) >= 11 is 0. The van der Waals surface area contributed by atoms with Crippen LogP contribution in [0.4, 0.5) is 0 Å². The van der Waals surface area contributed by atoms with Gasteiger partial charge in [0.2, 0.25) is 0 Å². The van der Waals surface area contributed by atoms with Gasteiger partial charge in [0.05, 0.1) is 5.60 Å². The monoisotopic (exact) mass is 270 g/mol. The normalized spacial score (nSPS) is 31.6. The minimum atomic E-state index is -0.531. The number of aliphatic hydroxyl groups is 1. The van der Waals surface area contributed by atoms with E-state index < -0.39 is 5.60 Å². The van der Waals surface area contributed by atoms with Gasteiger partial charge in [-0.3, -0.25) is 0 Å². The molecule has 4 heteroatoms. The van der Waals surface area contributed by atoms with Gasteiger partial charge in [-0.05, 0) is 32.9 Å². The molecule has 1 saturated carbocycles. The van der Waals surface area contributed by atoms with Gasteiger partial charge in [0, 0.05) is 45.2 Å². The highest BCUT2D eigenvalue weighted by molar-refractivity contribution is 4.87. The summed E-state index contributed by atoms with van der Waals surface area (Å²) in [7, 11) is 4.23. The lowest BCUT2D eigenvalue weighted by Crippen LogP contribution is -2.49. The highest BCUT2D eigenvalue weighted by Crippen LogP contribution is 2.26. The Morgan fingerprint density at radius 2 is 1.95 bits per heavy atom. The van der Waals surface area contributed by atoms with Crippen LogP contribution in [0.2, 0.25) is 0 Å². The molecule has 0 aromatic rings. The molecule has 2 unspecified atom stereocenters. The van der Waals surface area contributed by atoms with E-state index in [1.165, 1.54) is 25.7 Å². The third kappa shape index (κ3) is 4.42. The first kappa shape index (κ1) is 15.2. The Morgan fingerprint density at radius 3 is 2.63 bits per heavy atom. The van der Waals surface area contributed by atoms with E-state index in [0.29, 0.717) is 19.3 Å². The summed E-state index contributed by atoms with van der Waals surface area (Å²) in [4.78, 5) is 2.33. The topological polar surface area (TPSA) is 44.7 Å². The first-order chi connectivity index (χ1) is 9.13. The molecule has 112 valence electrons. The van der Waals surface area contributed by atoms with Crippen molar-refractivity contribution in [3.63, 3.8) is 0 Å². The summed E-state index contributed by atoms with van der Waals surface area (Å²) in [6, 6.07) is 0.653. The molecule has 0 amide bonds. The lowest BCUT2D eigenvalue weighted by molar-refractivity contribution is -0.0787. The van der Waals surface area contributed by atoms with Gasteiger partial charge in [-0.1, -0.05) is 12.8 Å². The van der Waals surface area contributed by atoms with Crippen LogP contribution >= 0.6 is 0 Å². The van der Waals surface area contributed by atoms with Crippen LogP contribution in [-0.2, 0) is 4.74 Å². The van der Waals surface area contributed by atoms with E-state index >= 15 is 0 Å². The number of nitrogens with zero attached hydrogens (tertiary/aromatic N) is 1. The molecule has 4 nitrogen and oxygen atoms in total. The predicted molar refractivity (Wildman–Crippen MR) is 77.3 cm³/mol. The van der Waals surface area contributed by atoms with Crippen LogP contribution in [0.5, 0.6) is 0 Å². The molecule has 0 radical (unpaired) electrons. The maximum atomic E-state index is 10.6. The molecule has 1 saturated heterocycles. The predicted octanol–water partition coefficient (Wildman–Crippen LogP) is 1.24. The highest BCUT2D eigenvalue weighted by Gasteiger charge is 2.32. The van der Waals surface area contributed by atoms with Crippen molar-refractivity contribution in [3.8, 4) is 0 Å². The minimum Gasteiger partial charge on any atom is -0.388 e. The van der Waals surface area contributed by atoms with Crippen molar-refractivity contribution < 1.29 is 9.84 Å². The Kier molecular flexibility index (Phi) is 5.63. The van der Waals surface area contributed by atoms with Crippen LogP contribution < -0.4 is 5.32 Å². The number of rotatable bonds is 5. The molecule has 1 aliphatic carbocycles. The summed E-state index contributed by atoms with van der Waals surface area (Å²) in [5.74, 6) is 0.729. The van der Waals surface area contributed by atoms with E-state index in [1.807, 2.05) is 0 Å². The molecule has 2 N–H and O–H groups in total. The molecule has 1 heterocycles. The van der Waals surface area contributed by atoms with E-state index in [2.05, 4.69) is 24.3 Å². The van der Waals surface area contributed by atoms with Crippen molar-refractivity contribution in [1.82, 2.24) is 10.2 Å². The molecule has 2 fully saturated rings. The number of nitrogens with one attached hydrogen (secondary N) is 1. The second-order valence-corrected chi connectivity index (χ2v) is 6.47. The first-order valence-electron chi connectivity index (χ1n) is 7.79. The summed E-state index contributed by atoms with van der Waals surface area (Å²) < 4.78 is 5.34. The van der Waals surface area contributed by atoms with E-state index in [0.717, 1.165) is 31.8 Å². The summed E-state index contributed by atoms with van der Waals surface area (Å²) in [5, 5.41) is 14.0. The quantitative estimate of drug-likeness (QED) is 0.789. The van der Waals surface area contributed by atoms with E-state index in [-0.39, 0.29) is 0 Å². The van der Waals surface area contributed by atoms with Crippen LogP contribution in [0.15, 0.2) is 0 Å². The fraction of sp³-hybridized carbons (Fsp3) is 1.00. The van der Waals surface area contributed by atoms with Crippen molar-refractivity contribution in [2.75, 3.05) is 40.4 Å². The third-order valence-corrected chi connectivity index (χ3v) is 4.81. The standard InChI is InChI=1S/C15H30N2O2/c1-16-14-6-4-3-5-13(14)11-17(2)12-15(18)7-9-19-10-8-15/h13-14,16,18H,3-12H2,1-2H3. The summed E-state index contributed by atoms with van der Waals surface area (Å²) in [6.45, 7) is 3.28.